The molecule has 0 saturated carbocycles. The molecule has 1 aromatic heterocycles. The fourth-order valence-corrected chi connectivity index (χ4v) is 3.17. The summed E-state index contributed by atoms with van der Waals surface area (Å²) in [6.45, 7) is 0. The number of phenolic OH excluding ortho intramolecular Hbond substituents is 1. The van der Waals surface area contributed by atoms with Gasteiger partial charge in [-0.05, 0) is 35.9 Å². The van der Waals surface area contributed by atoms with Crippen molar-refractivity contribution < 1.29 is 32.2 Å². The van der Waals surface area contributed by atoms with Crippen LogP contribution in [-0.4, -0.2) is 17.4 Å². The van der Waals surface area contributed by atoms with Crippen molar-refractivity contribution in [3.05, 3.63) is 88.8 Å². The van der Waals surface area contributed by atoms with E-state index in [0.29, 0.717) is 10.9 Å². The van der Waals surface area contributed by atoms with Crippen molar-refractivity contribution in [2.75, 3.05) is 5.32 Å². The molecule has 0 aliphatic heterocycles. The maximum atomic E-state index is 12.7. The highest BCUT2D eigenvalue weighted by atomic mass is 19.4. The lowest BCUT2D eigenvalue weighted by atomic mass is 10.0. The van der Waals surface area contributed by atoms with Crippen molar-refractivity contribution in [2.24, 2.45) is 0 Å². The van der Waals surface area contributed by atoms with Crippen molar-refractivity contribution in [1.29, 1.82) is 0 Å². The molecule has 0 saturated heterocycles. The van der Waals surface area contributed by atoms with Crippen LogP contribution in [0.4, 0.5) is 18.9 Å². The number of amides is 1. The summed E-state index contributed by atoms with van der Waals surface area (Å²) in [6.07, 6.45) is -4.86. The van der Waals surface area contributed by atoms with Crippen molar-refractivity contribution in [1.82, 2.24) is 0 Å². The van der Waals surface area contributed by atoms with Gasteiger partial charge in [0.1, 0.15) is 11.3 Å². The third-order valence-electron chi connectivity index (χ3n) is 4.53. The summed E-state index contributed by atoms with van der Waals surface area (Å²) in [5, 5.41) is 12.7. The Hall–Kier alpha value is -4.27. The smallest absolute Gasteiger partial charge is 0.504 e. The Morgan fingerprint density at radius 3 is 2.50 bits per heavy atom. The monoisotopic (exact) mass is 441 g/mol. The van der Waals surface area contributed by atoms with E-state index < -0.39 is 23.6 Å². The number of phenols is 1. The lowest BCUT2D eigenvalue weighted by Gasteiger charge is -2.14. The van der Waals surface area contributed by atoms with Gasteiger partial charge in [0.15, 0.2) is 11.3 Å². The predicted octanol–water partition coefficient (Wildman–Crippen LogP) is 5.32. The molecule has 1 heterocycles. The molecule has 0 unspecified atom stereocenters. The lowest BCUT2D eigenvalue weighted by molar-refractivity contribution is -0.274. The Kier molecular flexibility index (Phi) is 5.31. The fourth-order valence-electron chi connectivity index (χ4n) is 3.17. The number of para-hydroxylation sites is 2. The van der Waals surface area contributed by atoms with E-state index in [1.165, 1.54) is 54.6 Å². The molecule has 6 nitrogen and oxygen atoms in total. The van der Waals surface area contributed by atoms with Crippen molar-refractivity contribution in [3.63, 3.8) is 0 Å². The van der Waals surface area contributed by atoms with Crippen LogP contribution in [0.1, 0.15) is 10.4 Å². The van der Waals surface area contributed by atoms with Crippen LogP contribution in [0.15, 0.2) is 82.0 Å². The van der Waals surface area contributed by atoms with Gasteiger partial charge in [0.05, 0.1) is 0 Å². The number of ether oxygens (including phenoxy) is 1. The van der Waals surface area contributed by atoms with Gasteiger partial charge in [-0.2, -0.15) is 0 Å². The molecule has 0 bridgehead atoms. The van der Waals surface area contributed by atoms with Gasteiger partial charge in [-0.1, -0.05) is 42.5 Å². The van der Waals surface area contributed by atoms with Crippen LogP contribution in [0.5, 0.6) is 11.5 Å². The minimum absolute atomic E-state index is 0.0441. The second-order valence-corrected chi connectivity index (χ2v) is 6.72. The van der Waals surface area contributed by atoms with Crippen molar-refractivity contribution >= 4 is 22.6 Å². The minimum Gasteiger partial charge on any atom is -0.504 e. The Morgan fingerprint density at radius 2 is 1.72 bits per heavy atom. The van der Waals surface area contributed by atoms with Crippen LogP contribution >= 0.6 is 0 Å². The molecule has 3 aromatic carbocycles. The average Bonchev–Trinajstić information content (AvgIpc) is 2.73. The second-order valence-electron chi connectivity index (χ2n) is 6.72. The lowest BCUT2D eigenvalue weighted by Crippen LogP contribution is -2.20. The van der Waals surface area contributed by atoms with Gasteiger partial charge in [-0.3, -0.25) is 4.79 Å². The van der Waals surface area contributed by atoms with E-state index >= 15 is 0 Å². The van der Waals surface area contributed by atoms with E-state index in [1.54, 1.807) is 18.2 Å². The first kappa shape index (κ1) is 21.0. The number of carbonyl (C=O) groups excluding carboxylic acids is 1. The highest BCUT2D eigenvalue weighted by Gasteiger charge is 2.32. The maximum Gasteiger partial charge on any atom is 0.573 e. The molecular weight excluding hydrogens is 427 g/mol. The molecule has 32 heavy (non-hydrogen) atoms. The van der Waals surface area contributed by atoms with E-state index in [9.17, 15) is 27.9 Å². The summed E-state index contributed by atoms with van der Waals surface area (Å²) < 4.78 is 47.3. The van der Waals surface area contributed by atoms with Crippen LogP contribution in [0.3, 0.4) is 0 Å². The van der Waals surface area contributed by atoms with Crippen LogP contribution in [0.2, 0.25) is 0 Å². The summed E-state index contributed by atoms with van der Waals surface area (Å²) in [5.41, 5.74) is -0.521. The van der Waals surface area contributed by atoms with Gasteiger partial charge in [0, 0.05) is 16.6 Å². The number of carbonyl (C=O) groups is 1. The molecule has 4 aromatic rings. The zero-order valence-corrected chi connectivity index (χ0v) is 16.1. The first-order chi connectivity index (χ1) is 15.2. The molecule has 0 radical (unpaired) electrons. The van der Waals surface area contributed by atoms with Crippen LogP contribution in [0, 0.1) is 0 Å². The van der Waals surface area contributed by atoms with Gasteiger partial charge in [0.25, 0.3) is 5.91 Å². The molecule has 0 aliphatic rings. The third kappa shape index (κ3) is 4.41. The molecule has 162 valence electrons. The third-order valence-corrected chi connectivity index (χ3v) is 4.53. The molecule has 0 spiro atoms. The molecular formula is C23H14F3NO5. The number of nitrogens with one attached hydrogen (secondary N) is 1. The van der Waals surface area contributed by atoms with Crippen LogP contribution in [0.25, 0.3) is 22.1 Å². The Balaban J connectivity index is 1.65. The molecule has 0 fully saturated rings. The summed E-state index contributed by atoms with van der Waals surface area (Å²) in [7, 11) is 0. The average molecular weight is 441 g/mol. The number of benzene rings is 3. The number of hydrogen-bond donors (Lipinski definition) is 2. The Morgan fingerprint density at radius 1 is 0.969 bits per heavy atom. The van der Waals surface area contributed by atoms with Gasteiger partial charge < -0.3 is 19.6 Å². The standard InChI is InChI=1S/C23H14F3NO5/c24-23(25,26)32-19-10-2-1-8-16(19)13-5-3-7-15(11-13)27-21(29)17-12-14-6-4-9-18(28)20(14)31-22(17)30/h1-12,28H,(H,27,29). The predicted molar refractivity (Wildman–Crippen MR) is 111 cm³/mol. The minimum atomic E-state index is -4.86. The topological polar surface area (TPSA) is 88.8 Å². The number of fused-ring (bicyclic) bond motifs is 1. The van der Waals surface area contributed by atoms with Crippen molar-refractivity contribution in [2.45, 2.75) is 6.36 Å². The normalized spacial score (nSPS) is 11.3. The van der Waals surface area contributed by atoms with E-state index in [-0.39, 0.29) is 28.1 Å². The summed E-state index contributed by atoms with van der Waals surface area (Å²) in [6, 6.07) is 17.4. The van der Waals surface area contributed by atoms with E-state index in [1.807, 2.05) is 0 Å². The fraction of sp³-hybridized carbons (Fsp3) is 0.0435. The molecule has 2 N–H and O–H groups in total. The SMILES string of the molecule is O=C(Nc1cccc(-c2ccccc2OC(F)(F)F)c1)c1cc2cccc(O)c2oc1=O. The number of aromatic hydroxyl groups is 1. The highest BCUT2D eigenvalue weighted by molar-refractivity contribution is 6.06. The quantitative estimate of drug-likeness (QED) is 0.419. The zero-order chi connectivity index (χ0) is 22.9. The van der Waals surface area contributed by atoms with Gasteiger partial charge >= 0.3 is 12.0 Å². The largest absolute Gasteiger partial charge is 0.573 e. The maximum absolute atomic E-state index is 12.7. The number of alkyl halides is 3. The Bertz CT molecular complexity index is 1380. The van der Waals surface area contributed by atoms with Crippen LogP contribution < -0.4 is 15.7 Å². The molecule has 1 amide bonds. The number of hydrogen-bond acceptors (Lipinski definition) is 5. The van der Waals surface area contributed by atoms with Crippen LogP contribution in [-0.2, 0) is 0 Å². The number of anilines is 1. The van der Waals surface area contributed by atoms with Crippen molar-refractivity contribution in [3.8, 4) is 22.6 Å². The first-order valence-corrected chi connectivity index (χ1v) is 9.24. The zero-order valence-electron chi connectivity index (χ0n) is 16.1. The summed E-state index contributed by atoms with van der Waals surface area (Å²) in [5.74, 6) is -1.40. The first-order valence-electron chi connectivity index (χ1n) is 9.24. The van der Waals surface area contributed by atoms with Gasteiger partial charge in [-0.15, -0.1) is 13.2 Å². The van der Waals surface area contributed by atoms with Gasteiger partial charge in [0.2, 0.25) is 0 Å². The molecule has 0 aliphatic carbocycles. The number of halogens is 3. The molecule has 0 atom stereocenters. The second kappa shape index (κ2) is 8.10. The van der Waals surface area contributed by atoms with E-state index in [2.05, 4.69) is 10.1 Å². The number of rotatable bonds is 4. The molecule has 9 heteroatoms. The highest BCUT2D eigenvalue weighted by Crippen LogP contribution is 2.34. The van der Waals surface area contributed by atoms with E-state index in [4.69, 9.17) is 4.42 Å². The van der Waals surface area contributed by atoms with E-state index in [0.717, 1.165) is 0 Å². The van der Waals surface area contributed by atoms with Gasteiger partial charge in [-0.25, -0.2) is 4.79 Å². The summed E-state index contributed by atoms with van der Waals surface area (Å²) >= 11 is 0. The molecule has 4 rings (SSSR count). The summed E-state index contributed by atoms with van der Waals surface area (Å²) in [4.78, 5) is 24.9. The Labute approximate surface area is 178 Å².